The minimum Gasteiger partial charge on any atom is -0.396 e. The number of nitrogen functional groups attached to an aromatic ring is 1. The third kappa shape index (κ3) is 4.29. The highest BCUT2D eigenvalue weighted by Gasteiger charge is 1.99. The highest BCUT2D eigenvalue weighted by molar-refractivity contribution is 7.84. The lowest BCUT2D eigenvalue weighted by Gasteiger charge is -2.07. The Kier molecular flexibility index (Phi) is 4.55. The van der Waals surface area contributed by atoms with Gasteiger partial charge in [-0.25, -0.2) is 4.98 Å². The number of nitrogens with zero attached hydrogens (tertiary/aromatic N) is 1. The molecule has 0 amide bonds. The van der Waals surface area contributed by atoms with Gasteiger partial charge in [0.1, 0.15) is 5.82 Å². The van der Waals surface area contributed by atoms with Gasteiger partial charge >= 0.3 is 0 Å². The Hall–Kier alpha value is -1.10. The molecule has 0 fully saturated rings. The SMILES string of the molecule is Cc1cnc(NCCCS(C)=O)c(N)c1. The van der Waals surface area contributed by atoms with Crippen molar-refractivity contribution in [2.45, 2.75) is 13.3 Å². The van der Waals surface area contributed by atoms with Crippen LogP contribution in [0.4, 0.5) is 11.5 Å². The Bertz CT molecular complexity index is 355. The van der Waals surface area contributed by atoms with E-state index in [0.717, 1.165) is 18.5 Å². The monoisotopic (exact) mass is 227 g/mol. The zero-order chi connectivity index (χ0) is 11.3. The molecule has 1 atom stereocenters. The first-order valence-corrected chi connectivity index (χ1v) is 6.58. The second-order valence-electron chi connectivity index (χ2n) is 3.51. The molecule has 0 aromatic carbocycles. The van der Waals surface area contributed by atoms with Crippen molar-refractivity contribution in [3.8, 4) is 0 Å². The lowest BCUT2D eigenvalue weighted by atomic mass is 10.3. The van der Waals surface area contributed by atoms with Gasteiger partial charge in [0.05, 0.1) is 5.69 Å². The fourth-order valence-electron chi connectivity index (χ4n) is 1.22. The number of aromatic nitrogens is 1. The second kappa shape index (κ2) is 5.70. The normalized spacial score (nSPS) is 12.4. The highest BCUT2D eigenvalue weighted by atomic mass is 32.2. The number of pyridine rings is 1. The number of rotatable bonds is 5. The number of nitrogens with one attached hydrogen (secondary N) is 1. The van der Waals surface area contributed by atoms with Crippen LogP contribution in [0.1, 0.15) is 12.0 Å². The third-order valence-corrected chi connectivity index (χ3v) is 2.82. The summed E-state index contributed by atoms with van der Waals surface area (Å²) in [5.41, 5.74) is 7.49. The van der Waals surface area contributed by atoms with Crippen molar-refractivity contribution in [3.63, 3.8) is 0 Å². The topological polar surface area (TPSA) is 68.0 Å². The van der Waals surface area contributed by atoms with Crippen LogP contribution >= 0.6 is 0 Å². The first kappa shape index (κ1) is 12.0. The van der Waals surface area contributed by atoms with Crippen LogP contribution in [0.25, 0.3) is 0 Å². The van der Waals surface area contributed by atoms with E-state index in [0.29, 0.717) is 17.3 Å². The number of hydrogen-bond donors (Lipinski definition) is 2. The molecule has 0 radical (unpaired) electrons. The van der Waals surface area contributed by atoms with Gasteiger partial charge in [-0.15, -0.1) is 0 Å². The first-order chi connectivity index (χ1) is 7.09. The van der Waals surface area contributed by atoms with Gasteiger partial charge in [-0.05, 0) is 25.0 Å². The summed E-state index contributed by atoms with van der Waals surface area (Å²) in [6.07, 6.45) is 4.34. The van der Waals surface area contributed by atoms with Crippen LogP contribution in [0.5, 0.6) is 0 Å². The molecule has 1 aromatic rings. The van der Waals surface area contributed by atoms with Gasteiger partial charge in [0.15, 0.2) is 0 Å². The number of hydrogen-bond acceptors (Lipinski definition) is 4. The zero-order valence-corrected chi connectivity index (χ0v) is 9.93. The van der Waals surface area contributed by atoms with Crippen molar-refractivity contribution in [1.29, 1.82) is 0 Å². The van der Waals surface area contributed by atoms with E-state index in [4.69, 9.17) is 5.73 Å². The molecule has 0 bridgehead atoms. The fraction of sp³-hybridized carbons (Fsp3) is 0.500. The Morgan fingerprint density at radius 1 is 1.60 bits per heavy atom. The summed E-state index contributed by atoms with van der Waals surface area (Å²) in [7, 11) is -0.724. The molecule has 3 N–H and O–H groups in total. The van der Waals surface area contributed by atoms with Gasteiger partial charge in [0, 0.05) is 35.5 Å². The summed E-state index contributed by atoms with van der Waals surface area (Å²) in [6, 6.07) is 1.88. The lowest BCUT2D eigenvalue weighted by Crippen LogP contribution is -2.09. The molecule has 1 rings (SSSR count). The van der Waals surface area contributed by atoms with E-state index in [2.05, 4.69) is 10.3 Å². The molecule has 0 saturated heterocycles. The molecule has 84 valence electrons. The van der Waals surface area contributed by atoms with Gasteiger partial charge in [0.2, 0.25) is 0 Å². The summed E-state index contributed by atoms with van der Waals surface area (Å²) in [5.74, 6) is 1.42. The third-order valence-electron chi connectivity index (χ3n) is 1.95. The number of anilines is 2. The molecule has 5 heteroatoms. The maximum absolute atomic E-state index is 10.8. The Morgan fingerprint density at radius 2 is 2.33 bits per heavy atom. The quantitative estimate of drug-likeness (QED) is 0.741. The van der Waals surface area contributed by atoms with E-state index in [-0.39, 0.29) is 0 Å². The molecule has 1 heterocycles. The van der Waals surface area contributed by atoms with Crippen LogP contribution in [0.15, 0.2) is 12.3 Å². The van der Waals surface area contributed by atoms with Gasteiger partial charge in [-0.3, -0.25) is 4.21 Å². The molecule has 15 heavy (non-hydrogen) atoms. The standard InChI is InChI=1S/C10H17N3OS/c1-8-6-9(11)10(13-7-8)12-4-3-5-15(2)14/h6-7H,3-5,11H2,1-2H3,(H,12,13). The van der Waals surface area contributed by atoms with Crippen LogP contribution < -0.4 is 11.1 Å². The smallest absolute Gasteiger partial charge is 0.149 e. The Labute approximate surface area is 92.7 Å². The van der Waals surface area contributed by atoms with Crippen molar-refractivity contribution in [2.24, 2.45) is 0 Å². The predicted molar refractivity (Wildman–Crippen MR) is 65.4 cm³/mol. The highest BCUT2D eigenvalue weighted by Crippen LogP contribution is 2.15. The fourth-order valence-corrected chi connectivity index (χ4v) is 1.77. The average Bonchev–Trinajstić information content (AvgIpc) is 2.14. The first-order valence-electron chi connectivity index (χ1n) is 4.85. The van der Waals surface area contributed by atoms with E-state index < -0.39 is 10.8 Å². The average molecular weight is 227 g/mol. The molecule has 0 aliphatic heterocycles. The van der Waals surface area contributed by atoms with Gasteiger partial charge in [-0.1, -0.05) is 0 Å². The van der Waals surface area contributed by atoms with Gasteiger partial charge < -0.3 is 11.1 Å². The van der Waals surface area contributed by atoms with Crippen LogP contribution in [0.3, 0.4) is 0 Å². The van der Waals surface area contributed by atoms with E-state index in [1.807, 2.05) is 13.0 Å². The van der Waals surface area contributed by atoms with Crippen LogP contribution in [-0.2, 0) is 10.8 Å². The molecule has 0 aliphatic carbocycles. The molecule has 0 aliphatic rings. The Morgan fingerprint density at radius 3 is 2.93 bits per heavy atom. The van der Waals surface area contributed by atoms with Crippen molar-refractivity contribution >= 4 is 22.3 Å². The van der Waals surface area contributed by atoms with Crippen LogP contribution in [0.2, 0.25) is 0 Å². The molecular formula is C10H17N3OS. The van der Waals surface area contributed by atoms with E-state index in [9.17, 15) is 4.21 Å². The van der Waals surface area contributed by atoms with Gasteiger partial charge in [-0.2, -0.15) is 0 Å². The summed E-state index contributed by atoms with van der Waals surface area (Å²) in [4.78, 5) is 4.18. The molecule has 0 spiro atoms. The molecule has 4 nitrogen and oxygen atoms in total. The van der Waals surface area contributed by atoms with E-state index in [1.54, 1.807) is 12.5 Å². The van der Waals surface area contributed by atoms with Crippen LogP contribution in [0, 0.1) is 6.92 Å². The summed E-state index contributed by atoms with van der Waals surface area (Å²) < 4.78 is 10.8. The van der Waals surface area contributed by atoms with Crippen molar-refractivity contribution in [2.75, 3.05) is 29.6 Å². The summed E-state index contributed by atoms with van der Waals surface area (Å²) in [6.45, 7) is 2.70. The van der Waals surface area contributed by atoms with Crippen molar-refractivity contribution in [3.05, 3.63) is 17.8 Å². The largest absolute Gasteiger partial charge is 0.396 e. The zero-order valence-electron chi connectivity index (χ0n) is 9.12. The minimum atomic E-state index is -0.724. The number of aryl methyl sites for hydroxylation is 1. The predicted octanol–water partition coefficient (Wildman–Crippen LogP) is 1.15. The molecule has 1 aromatic heterocycles. The molecule has 1 unspecified atom stereocenters. The van der Waals surface area contributed by atoms with E-state index >= 15 is 0 Å². The molecular weight excluding hydrogens is 210 g/mol. The van der Waals surface area contributed by atoms with Crippen molar-refractivity contribution < 1.29 is 4.21 Å². The Balaban J connectivity index is 2.40. The summed E-state index contributed by atoms with van der Waals surface area (Å²) in [5, 5.41) is 3.12. The second-order valence-corrected chi connectivity index (χ2v) is 5.06. The lowest BCUT2D eigenvalue weighted by molar-refractivity contribution is 0.685. The summed E-state index contributed by atoms with van der Waals surface area (Å²) >= 11 is 0. The van der Waals surface area contributed by atoms with E-state index in [1.165, 1.54) is 0 Å². The van der Waals surface area contributed by atoms with Gasteiger partial charge in [0.25, 0.3) is 0 Å². The van der Waals surface area contributed by atoms with Crippen LogP contribution in [-0.4, -0.2) is 27.7 Å². The maximum Gasteiger partial charge on any atom is 0.149 e. The number of nitrogens with two attached hydrogens (primary N) is 1. The maximum atomic E-state index is 10.8. The van der Waals surface area contributed by atoms with Crippen molar-refractivity contribution in [1.82, 2.24) is 4.98 Å². The minimum absolute atomic E-state index is 0.660. The molecule has 0 saturated carbocycles.